The third-order valence-electron chi connectivity index (χ3n) is 5.35. The van der Waals surface area contributed by atoms with Gasteiger partial charge in [-0.3, -0.25) is 4.79 Å². The van der Waals surface area contributed by atoms with E-state index in [0.717, 1.165) is 10.2 Å². The van der Waals surface area contributed by atoms with Crippen LogP contribution in [0.4, 0.5) is 0 Å². The van der Waals surface area contributed by atoms with Gasteiger partial charge in [-0.15, -0.1) is 11.3 Å². The van der Waals surface area contributed by atoms with Crippen molar-refractivity contribution in [3.63, 3.8) is 0 Å². The van der Waals surface area contributed by atoms with Crippen LogP contribution in [-0.2, 0) is 19.6 Å². The molecule has 0 radical (unpaired) electrons. The molecule has 0 amide bonds. The highest BCUT2D eigenvalue weighted by atomic mass is 32.2. The number of esters is 1. The third kappa shape index (κ3) is 6.22. The molecule has 1 heterocycles. The summed E-state index contributed by atoms with van der Waals surface area (Å²) < 4.78 is 50.4. The first-order valence-corrected chi connectivity index (χ1v) is 13.5. The lowest BCUT2D eigenvalue weighted by Gasteiger charge is -2.28. The highest BCUT2D eigenvalue weighted by Gasteiger charge is 2.35. The zero-order chi connectivity index (χ0) is 25.4. The monoisotopic (exact) mass is 522 g/mol. The van der Waals surface area contributed by atoms with E-state index in [2.05, 4.69) is 4.98 Å². The summed E-state index contributed by atoms with van der Waals surface area (Å²) in [5.74, 6) is 1.02. The molecule has 1 unspecified atom stereocenters. The number of fused-ring (bicyclic) bond motifs is 1. The molecule has 0 bridgehead atoms. The van der Waals surface area contributed by atoms with Crippen molar-refractivity contribution in [3.05, 3.63) is 41.9 Å². The first kappa shape index (κ1) is 26.7. The molecule has 35 heavy (non-hydrogen) atoms. The maximum atomic E-state index is 13.4. The fraction of sp³-hybridized carbons (Fsp3) is 0.417. The summed E-state index contributed by atoms with van der Waals surface area (Å²) in [5.41, 5.74) is 2.40. The molecule has 0 saturated heterocycles. The van der Waals surface area contributed by atoms with Crippen molar-refractivity contribution in [1.29, 1.82) is 0 Å². The molecule has 0 aliphatic heterocycles. The molecule has 11 heteroatoms. The lowest BCUT2D eigenvalue weighted by molar-refractivity contribution is -0.149. The minimum absolute atomic E-state index is 0.0299. The van der Waals surface area contributed by atoms with Crippen molar-refractivity contribution in [2.45, 2.75) is 37.6 Å². The Morgan fingerprint density at radius 3 is 2.51 bits per heavy atom. The first-order chi connectivity index (χ1) is 16.8. The van der Waals surface area contributed by atoms with Gasteiger partial charge >= 0.3 is 5.97 Å². The van der Waals surface area contributed by atoms with E-state index in [1.165, 1.54) is 28.8 Å². The van der Waals surface area contributed by atoms with Crippen molar-refractivity contribution in [1.82, 2.24) is 9.29 Å². The second-order valence-electron chi connectivity index (χ2n) is 7.53. The number of thiazole rings is 1. The fourth-order valence-electron chi connectivity index (χ4n) is 3.65. The Bertz CT molecular complexity index is 1240. The smallest absolute Gasteiger partial charge is 0.324 e. The second kappa shape index (κ2) is 12.2. The van der Waals surface area contributed by atoms with Gasteiger partial charge in [-0.25, -0.2) is 13.4 Å². The maximum Gasteiger partial charge on any atom is 0.324 e. The Labute approximate surface area is 209 Å². The van der Waals surface area contributed by atoms with Gasteiger partial charge in [0.1, 0.15) is 25.0 Å². The van der Waals surface area contributed by atoms with Gasteiger partial charge < -0.3 is 18.9 Å². The summed E-state index contributed by atoms with van der Waals surface area (Å²) in [6.07, 6.45) is 0.951. The molecule has 0 fully saturated rings. The highest BCUT2D eigenvalue weighted by Crippen LogP contribution is 2.31. The van der Waals surface area contributed by atoms with E-state index in [0.29, 0.717) is 30.1 Å². The number of aromatic nitrogens is 1. The summed E-state index contributed by atoms with van der Waals surface area (Å²) in [7, 11) is -0.849. The number of sulfonamides is 1. The topological polar surface area (TPSA) is 104 Å². The van der Waals surface area contributed by atoms with Crippen molar-refractivity contribution >= 4 is 37.5 Å². The number of carbonyl (C=O) groups is 1. The van der Waals surface area contributed by atoms with E-state index < -0.39 is 22.0 Å². The molecule has 3 aromatic rings. The molecule has 1 atom stereocenters. The van der Waals surface area contributed by atoms with Crippen LogP contribution in [0.5, 0.6) is 17.2 Å². The summed E-state index contributed by atoms with van der Waals surface area (Å²) in [4.78, 5) is 17.3. The average Bonchev–Trinajstić information content (AvgIpc) is 3.34. The Morgan fingerprint density at radius 2 is 1.83 bits per heavy atom. The number of hydrogen-bond acceptors (Lipinski definition) is 9. The van der Waals surface area contributed by atoms with Crippen molar-refractivity contribution in [2.24, 2.45) is 0 Å². The second-order valence-corrected chi connectivity index (χ2v) is 10.3. The minimum atomic E-state index is -3.92. The first-order valence-electron chi connectivity index (χ1n) is 11.2. The number of hydrogen-bond donors (Lipinski definition) is 0. The Morgan fingerprint density at radius 1 is 1.06 bits per heavy atom. The van der Waals surface area contributed by atoms with E-state index in [-0.39, 0.29) is 24.7 Å². The van der Waals surface area contributed by atoms with Crippen molar-refractivity contribution in [2.75, 3.05) is 34.0 Å². The molecular weight excluding hydrogens is 492 g/mol. The number of rotatable bonds is 13. The van der Waals surface area contributed by atoms with E-state index >= 15 is 0 Å². The molecule has 1 aromatic heterocycles. The molecule has 0 saturated carbocycles. The number of ether oxygens (including phenoxy) is 4. The minimum Gasteiger partial charge on any atom is -0.493 e. The van der Waals surface area contributed by atoms with E-state index in [9.17, 15) is 13.2 Å². The predicted molar refractivity (Wildman–Crippen MR) is 134 cm³/mol. The molecule has 0 aliphatic rings. The van der Waals surface area contributed by atoms with Crippen LogP contribution in [0.1, 0.15) is 26.7 Å². The number of nitrogens with zero attached hydrogens (tertiary/aromatic N) is 2. The molecule has 9 nitrogen and oxygen atoms in total. The summed E-state index contributed by atoms with van der Waals surface area (Å²) >= 11 is 1.36. The molecule has 0 N–H and O–H groups in total. The van der Waals surface area contributed by atoms with Gasteiger partial charge in [-0.1, -0.05) is 20.3 Å². The van der Waals surface area contributed by atoms with Gasteiger partial charge in [-0.2, -0.15) is 4.31 Å². The van der Waals surface area contributed by atoms with Gasteiger partial charge in [0, 0.05) is 12.6 Å². The SMILES string of the molecule is CCCC(C(=O)OCCOc1ccc(OC)c(OC)c1)N(CC)S(=O)(=O)c1ccc2ncsc2c1. The molecular formula is C24H30N2O7S2. The van der Waals surface area contributed by atoms with Gasteiger partial charge in [0.2, 0.25) is 10.0 Å². The Hall–Kier alpha value is -2.89. The number of methoxy groups -OCH3 is 2. The van der Waals surface area contributed by atoms with Crippen LogP contribution < -0.4 is 14.2 Å². The normalized spacial score (nSPS) is 12.5. The number of likely N-dealkylation sites (N-methyl/N-ethyl adjacent to an activating group) is 1. The van der Waals surface area contributed by atoms with Crippen LogP contribution in [0.25, 0.3) is 10.2 Å². The largest absolute Gasteiger partial charge is 0.493 e. The highest BCUT2D eigenvalue weighted by molar-refractivity contribution is 7.89. The molecule has 2 aromatic carbocycles. The van der Waals surface area contributed by atoms with Crippen LogP contribution in [0.15, 0.2) is 46.8 Å². The zero-order valence-corrected chi connectivity index (χ0v) is 21.9. The quantitative estimate of drug-likeness (QED) is 0.244. The zero-order valence-electron chi connectivity index (χ0n) is 20.2. The van der Waals surface area contributed by atoms with Gasteiger partial charge in [0.15, 0.2) is 11.5 Å². The lowest BCUT2D eigenvalue weighted by Crippen LogP contribution is -2.45. The van der Waals surface area contributed by atoms with E-state index in [1.54, 1.807) is 49.9 Å². The van der Waals surface area contributed by atoms with Crippen LogP contribution in [0.2, 0.25) is 0 Å². The average molecular weight is 523 g/mol. The fourth-order valence-corrected chi connectivity index (χ4v) is 6.08. The predicted octanol–water partition coefficient (Wildman–Crippen LogP) is 4.12. The van der Waals surface area contributed by atoms with Crippen molar-refractivity contribution in [3.8, 4) is 17.2 Å². The summed E-state index contributed by atoms with van der Waals surface area (Å²) in [6.45, 7) is 3.80. The van der Waals surface area contributed by atoms with Crippen molar-refractivity contribution < 1.29 is 32.2 Å². The van der Waals surface area contributed by atoms with Crippen LogP contribution in [0.3, 0.4) is 0 Å². The van der Waals surface area contributed by atoms with E-state index in [4.69, 9.17) is 18.9 Å². The maximum absolute atomic E-state index is 13.4. The van der Waals surface area contributed by atoms with Crippen LogP contribution >= 0.6 is 11.3 Å². The third-order valence-corrected chi connectivity index (χ3v) is 8.13. The standard InChI is InChI=1S/C24H30N2O7S2/c1-5-7-20(24(27)33-13-12-32-17-8-11-21(30-3)22(14-17)31-4)26(6-2)35(28,29)18-9-10-19-23(15-18)34-16-25-19/h8-11,14-16,20H,5-7,12-13H2,1-4H3. The number of benzene rings is 2. The van der Waals surface area contributed by atoms with Crippen LogP contribution in [0, 0.1) is 0 Å². The molecule has 3 rings (SSSR count). The van der Waals surface area contributed by atoms with Gasteiger partial charge in [0.05, 0.1) is 34.8 Å². The molecule has 190 valence electrons. The van der Waals surface area contributed by atoms with Crippen LogP contribution in [-0.4, -0.2) is 63.7 Å². The van der Waals surface area contributed by atoms with E-state index in [1.807, 2.05) is 6.92 Å². The van der Waals surface area contributed by atoms with Gasteiger partial charge in [-0.05, 0) is 36.8 Å². The summed E-state index contributed by atoms with van der Waals surface area (Å²) in [5, 5.41) is 0. The Kier molecular flexibility index (Phi) is 9.30. The number of carbonyl (C=O) groups excluding carboxylic acids is 1. The molecule has 0 aliphatic carbocycles. The molecule has 0 spiro atoms. The summed E-state index contributed by atoms with van der Waals surface area (Å²) in [6, 6.07) is 8.95. The van der Waals surface area contributed by atoms with Gasteiger partial charge in [0.25, 0.3) is 0 Å². The Balaban J connectivity index is 1.67. The lowest BCUT2D eigenvalue weighted by atomic mass is 10.1.